The number of nitrogens with two attached hydrogens (primary N) is 1. The summed E-state index contributed by atoms with van der Waals surface area (Å²) in [6.45, 7) is 0.632. The van der Waals surface area contributed by atoms with E-state index in [1.807, 2.05) is 0 Å². The highest BCUT2D eigenvalue weighted by molar-refractivity contribution is 5.76. The molecule has 2 atom stereocenters. The van der Waals surface area contributed by atoms with Crippen LogP contribution in [0.2, 0.25) is 0 Å². The Morgan fingerprint density at radius 3 is 1.69 bits per heavy atom. The van der Waals surface area contributed by atoms with E-state index < -0.39 is 18.1 Å². The highest BCUT2D eigenvalue weighted by atomic mass is 16.5. The Morgan fingerprint density at radius 2 is 1.19 bits per heavy atom. The fraction of sp³-hybridized carbons (Fsp3) is 0.417. The second-order valence-electron chi connectivity index (χ2n) is 7.79. The number of carbonyl (C=O) groups excluding carboxylic acids is 2. The Bertz CT molecular complexity index is 767. The van der Waals surface area contributed by atoms with Crippen LogP contribution in [0.3, 0.4) is 0 Å². The van der Waals surface area contributed by atoms with Gasteiger partial charge in [-0.15, -0.1) is 0 Å². The molecule has 0 radical (unpaired) electrons. The first-order valence-corrected chi connectivity index (χ1v) is 10.8. The molecule has 174 valence electrons. The van der Waals surface area contributed by atoms with Crippen molar-refractivity contribution in [2.75, 3.05) is 13.2 Å². The molecule has 0 aliphatic rings. The van der Waals surface area contributed by atoms with Gasteiger partial charge in [0.2, 0.25) is 0 Å². The summed E-state index contributed by atoms with van der Waals surface area (Å²) >= 11 is 0. The number of phenolic OH excluding ortho intramolecular Hbond substituents is 2. The smallest absolute Gasteiger partial charge is 0.365 e. The predicted molar refractivity (Wildman–Crippen MR) is 119 cm³/mol. The minimum absolute atomic E-state index is 0.167. The third-order valence-electron chi connectivity index (χ3n) is 4.97. The zero-order valence-electron chi connectivity index (χ0n) is 18.2. The quantitative estimate of drug-likeness (QED) is 0.270. The minimum Gasteiger partial charge on any atom is -0.508 e. The van der Waals surface area contributed by atoms with Gasteiger partial charge in [0, 0.05) is 6.42 Å². The van der Waals surface area contributed by atoms with Crippen LogP contribution in [-0.2, 0) is 31.9 Å². The van der Waals surface area contributed by atoms with Gasteiger partial charge in [-0.2, -0.15) is 0 Å². The number of ether oxygens (including phenoxy) is 2. The monoisotopic (exact) mass is 445 g/mol. The van der Waals surface area contributed by atoms with Crippen molar-refractivity contribution < 1.29 is 35.0 Å². The lowest BCUT2D eigenvalue weighted by atomic mass is 10.1. The number of phenols is 2. The summed E-state index contributed by atoms with van der Waals surface area (Å²) in [6.07, 6.45) is 3.95. The van der Waals surface area contributed by atoms with Gasteiger partial charge in [0.1, 0.15) is 17.5 Å². The van der Waals surface area contributed by atoms with Crippen molar-refractivity contribution in [3.05, 3.63) is 59.7 Å². The van der Waals surface area contributed by atoms with Crippen molar-refractivity contribution in [3.8, 4) is 11.5 Å². The molecule has 0 spiro atoms. The molecule has 0 aliphatic carbocycles. The van der Waals surface area contributed by atoms with Crippen LogP contribution in [0.25, 0.3) is 0 Å². The number of benzene rings is 2. The number of carbonyl (C=O) groups is 2. The molecule has 8 nitrogen and oxygen atoms in total. The van der Waals surface area contributed by atoms with Gasteiger partial charge in [0.15, 0.2) is 6.04 Å². The van der Waals surface area contributed by atoms with Crippen LogP contribution in [0.1, 0.15) is 36.8 Å². The van der Waals surface area contributed by atoms with Crippen molar-refractivity contribution in [1.29, 1.82) is 0 Å². The van der Waals surface area contributed by atoms with Crippen molar-refractivity contribution in [2.45, 2.75) is 50.6 Å². The Morgan fingerprint density at radius 1 is 0.750 bits per heavy atom. The fourth-order valence-corrected chi connectivity index (χ4v) is 3.10. The van der Waals surface area contributed by atoms with Crippen LogP contribution >= 0.6 is 0 Å². The topological polar surface area (TPSA) is 147 Å². The summed E-state index contributed by atoms with van der Waals surface area (Å²) in [7, 11) is 0. The zero-order chi connectivity index (χ0) is 23.3. The molecule has 0 heterocycles. The fourth-order valence-electron chi connectivity index (χ4n) is 3.10. The maximum atomic E-state index is 12.0. The summed E-state index contributed by atoms with van der Waals surface area (Å²) in [4.78, 5) is 24.0. The number of hydrogen-bond donors (Lipinski definition) is 4. The van der Waals surface area contributed by atoms with Gasteiger partial charge in [-0.25, -0.2) is 4.79 Å². The van der Waals surface area contributed by atoms with Crippen molar-refractivity contribution in [3.63, 3.8) is 0 Å². The SMILES string of the molecule is NC(Cc1ccc(O)cc1)C(=O)OCCCCCCOC(=O)C([NH3+])Cc1ccc(O)cc1. The first-order chi connectivity index (χ1) is 15.3. The second kappa shape index (κ2) is 13.3. The van der Waals surface area contributed by atoms with Gasteiger partial charge in [-0.1, -0.05) is 24.3 Å². The molecule has 0 aliphatic heterocycles. The molecule has 0 fully saturated rings. The summed E-state index contributed by atoms with van der Waals surface area (Å²) in [5.74, 6) is -0.430. The standard InChI is InChI=1S/C24H32N2O6/c25-21(15-17-5-9-19(27)10-6-17)23(29)31-13-3-1-2-4-14-32-24(30)22(26)16-18-7-11-20(28)12-8-18/h5-12,21-22,27-28H,1-4,13-16,25-26H2/p+1. The van der Waals surface area contributed by atoms with Crippen molar-refractivity contribution >= 4 is 11.9 Å². The highest BCUT2D eigenvalue weighted by Crippen LogP contribution is 2.12. The molecule has 0 bridgehead atoms. The number of rotatable bonds is 13. The van der Waals surface area contributed by atoms with Crippen LogP contribution in [0.5, 0.6) is 11.5 Å². The average Bonchev–Trinajstić information content (AvgIpc) is 2.78. The van der Waals surface area contributed by atoms with Crippen LogP contribution in [-0.4, -0.2) is 47.4 Å². The summed E-state index contributed by atoms with van der Waals surface area (Å²) < 4.78 is 10.5. The highest BCUT2D eigenvalue weighted by Gasteiger charge is 2.19. The van der Waals surface area contributed by atoms with E-state index >= 15 is 0 Å². The summed E-state index contributed by atoms with van der Waals surface area (Å²) in [5, 5.41) is 18.6. The third-order valence-corrected chi connectivity index (χ3v) is 4.97. The summed E-state index contributed by atoms with van der Waals surface area (Å²) in [6, 6.07) is 12.0. The van der Waals surface area contributed by atoms with Gasteiger partial charge >= 0.3 is 11.9 Å². The van der Waals surface area contributed by atoms with E-state index in [0.717, 1.165) is 30.4 Å². The zero-order valence-corrected chi connectivity index (χ0v) is 18.2. The number of quaternary nitrogens is 1. The molecule has 8 heteroatoms. The van der Waals surface area contributed by atoms with E-state index in [0.29, 0.717) is 32.5 Å². The average molecular weight is 446 g/mol. The van der Waals surface area contributed by atoms with Gasteiger partial charge in [0.25, 0.3) is 0 Å². The molecule has 2 aromatic rings. The number of esters is 2. The molecule has 2 rings (SSSR count). The third kappa shape index (κ3) is 9.36. The Hall–Kier alpha value is -3.10. The summed E-state index contributed by atoms with van der Waals surface area (Å²) in [5.41, 5.74) is 11.5. The number of unbranched alkanes of at least 4 members (excludes halogenated alkanes) is 3. The van der Waals surface area contributed by atoms with Gasteiger partial charge in [-0.05, 0) is 67.5 Å². The van der Waals surface area contributed by atoms with Crippen LogP contribution in [0, 0.1) is 0 Å². The lowest BCUT2D eigenvalue weighted by molar-refractivity contribution is -0.407. The molecule has 0 amide bonds. The van der Waals surface area contributed by atoms with Crippen LogP contribution < -0.4 is 11.5 Å². The molecule has 7 N–H and O–H groups in total. The van der Waals surface area contributed by atoms with Gasteiger partial charge in [0.05, 0.1) is 13.2 Å². The van der Waals surface area contributed by atoms with E-state index in [-0.39, 0.29) is 17.5 Å². The Balaban J connectivity index is 1.49. The van der Waals surface area contributed by atoms with Crippen molar-refractivity contribution in [1.82, 2.24) is 0 Å². The number of hydrogen-bond acceptors (Lipinski definition) is 7. The largest absolute Gasteiger partial charge is 0.508 e. The van der Waals surface area contributed by atoms with E-state index in [1.54, 1.807) is 48.5 Å². The van der Waals surface area contributed by atoms with E-state index in [9.17, 15) is 19.8 Å². The van der Waals surface area contributed by atoms with Gasteiger partial charge in [-0.3, -0.25) is 4.79 Å². The second-order valence-corrected chi connectivity index (χ2v) is 7.79. The van der Waals surface area contributed by atoms with Gasteiger partial charge < -0.3 is 31.2 Å². The first kappa shape index (κ1) is 25.2. The lowest BCUT2D eigenvalue weighted by Crippen LogP contribution is -2.66. The molecule has 2 aromatic carbocycles. The van der Waals surface area contributed by atoms with Crippen LogP contribution in [0.15, 0.2) is 48.5 Å². The molecule has 0 aromatic heterocycles. The first-order valence-electron chi connectivity index (χ1n) is 10.8. The lowest BCUT2D eigenvalue weighted by Gasteiger charge is -2.12. The molecule has 0 saturated heterocycles. The Labute approximate surface area is 188 Å². The predicted octanol–water partition coefficient (Wildman–Crippen LogP) is 1.47. The normalized spacial score (nSPS) is 12.7. The van der Waals surface area contributed by atoms with E-state index in [1.165, 1.54) is 0 Å². The molecular weight excluding hydrogens is 412 g/mol. The number of aromatic hydroxyl groups is 2. The van der Waals surface area contributed by atoms with E-state index in [4.69, 9.17) is 15.2 Å². The Kier molecular flexibility index (Phi) is 10.5. The molecule has 0 saturated carbocycles. The minimum atomic E-state index is -0.740. The van der Waals surface area contributed by atoms with Crippen LogP contribution in [0.4, 0.5) is 0 Å². The molecule has 2 unspecified atom stereocenters. The maximum Gasteiger partial charge on any atom is 0.365 e. The maximum absolute atomic E-state index is 12.0. The molecule has 32 heavy (non-hydrogen) atoms. The van der Waals surface area contributed by atoms with E-state index in [2.05, 4.69) is 5.73 Å². The van der Waals surface area contributed by atoms with Crippen molar-refractivity contribution in [2.24, 2.45) is 5.73 Å². The molecular formula is C24H33N2O6+.